The van der Waals surface area contributed by atoms with Gasteiger partial charge < -0.3 is 25.8 Å². The lowest BCUT2D eigenvalue weighted by atomic mass is 9.95. The highest BCUT2D eigenvalue weighted by Gasteiger charge is 2.43. The first-order chi connectivity index (χ1) is 20.8. The second-order valence-corrected chi connectivity index (χ2v) is 11.2. The van der Waals surface area contributed by atoms with Crippen LogP contribution in [-0.4, -0.2) is 96.9 Å². The molecule has 0 spiro atoms. The Labute approximate surface area is 251 Å². The number of nitrogens with one attached hydrogen (secondary N) is 2. The number of nitrogens with two attached hydrogens (primary N) is 1. The number of aromatic nitrogens is 5. The van der Waals surface area contributed by atoms with E-state index in [1.807, 2.05) is 48.5 Å². The molecule has 14 nitrogen and oxygen atoms in total. The molecule has 5 rings (SSSR count). The molecule has 15 heteroatoms. The van der Waals surface area contributed by atoms with Crippen molar-refractivity contribution in [3.8, 4) is 17.5 Å². The molecule has 4 N–H and O–H groups in total. The standard InChI is InChI=1S/C28H31N11O3S/c1-3-23(40)39-20(15-37(12-11-29)28(42)31-2)16-38(14-19-5-4-6-22-24(19)32-27(30)43-22)26(41)21(39)13-17-7-9-18(10-8-17)25-33-35-36-34-25/h4-10,20-21H,3,12-16H2,1-2H3,(H2,30,32)(H,31,42)(H,33,34,35,36)/t20?,21-/m0/s1. The minimum atomic E-state index is -0.836. The van der Waals surface area contributed by atoms with Crippen LogP contribution in [0.1, 0.15) is 24.5 Å². The van der Waals surface area contributed by atoms with E-state index in [4.69, 9.17) is 5.73 Å². The van der Waals surface area contributed by atoms with Gasteiger partial charge in [0.1, 0.15) is 12.6 Å². The maximum atomic E-state index is 14.2. The number of carbonyl (C=O) groups excluding carboxylic acids is 3. The Kier molecular flexibility index (Phi) is 8.77. The summed E-state index contributed by atoms with van der Waals surface area (Å²) in [5, 5.41) is 26.3. The fraction of sp³-hybridized carbons (Fsp3) is 0.357. The summed E-state index contributed by atoms with van der Waals surface area (Å²) in [6, 6.07) is 13.4. The van der Waals surface area contributed by atoms with E-state index >= 15 is 0 Å². The normalized spacial score (nSPS) is 16.7. The van der Waals surface area contributed by atoms with Crippen LogP contribution in [0.4, 0.5) is 9.93 Å². The quantitative estimate of drug-likeness (QED) is 0.240. The molecular weight excluding hydrogens is 570 g/mol. The van der Waals surface area contributed by atoms with E-state index < -0.39 is 18.1 Å². The van der Waals surface area contributed by atoms with Crippen molar-refractivity contribution in [1.29, 1.82) is 5.26 Å². The number of tetrazole rings is 1. The molecule has 3 heterocycles. The number of amides is 4. The van der Waals surface area contributed by atoms with Crippen molar-refractivity contribution in [2.24, 2.45) is 0 Å². The number of hydrogen-bond donors (Lipinski definition) is 3. The third-order valence-electron chi connectivity index (χ3n) is 7.42. The second-order valence-electron chi connectivity index (χ2n) is 10.1. The first kappa shape index (κ1) is 29.4. The number of H-pyrrole nitrogens is 1. The number of nitrogen functional groups attached to an aromatic ring is 1. The van der Waals surface area contributed by atoms with Gasteiger partial charge in [-0.05, 0) is 27.6 Å². The number of anilines is 1. The van der Waals surface area contributed by atoms with Gasteiger partial charge in [0.2, 0.25) is 11.8 Å². The minimum Gasteiger partial charge on any atom is -0.375 e. The number of hydrogen-bond acceptors (Lipinski definition) is 10. The molecule has 2 atom stereocenters. The Bertz CT molecular complexity index is 1650. The Balaban J connectivity index is 1.51. The molecule has 1 fully saturated rings. The van der Waals surface area contributed by atoms with E-state index in [9.17, 15) is 19.6 Å². The number of benzene rings is 2. The zero-order valence-electron chi connectivity index (χ0n) is 23.7. The number of urea groups is 1. The van der Waals surface area contributed by atoms with E-state index in [-0.39, 0.29) is 50.8 Å². The molecule has 43 heavy (non-hydrogen) atoms. The number of thiazole rings is 1. The number of carbonyl (C=O) groups is 3. The van der Waals surface area contributed by atoms with Crippen LogP contribution in [0.25, 0.3) is 21.6 Å². The van der Waals surface area contributed by atoms with Crippen LogP contribution in [0.5, 0.6) is 0 Å². The van der Waals surface area contributed by atoms with Crippen molar-refractivity contribution in [3.63, 3.8) is 0 Å². The highest BCUT2D eigenvalue weighted by molar-refractivity contribution is 7.22. The Morgan fingerprint density at radius 3 is 2.72 bits per heavy atom. The van der Waals surface area contributed by atoms with Crippen LogP contribution in [0, 0.1) is 11.3 Å². The van der Waals surface area contributed by atoms with Gasteiger partial charge >= 0.3 is 6.03 Å². The predicted molar refractivity (Wildman–Crippen MR) is 159 cm³/mol. The highest BCUT2D eigenvalue weighted by atomic mass is 32.1. The van der Waals surface area contributed by atoms with Crippen LogP contribution in [0.2, 0.25) is 0 Å². The molecule has 1 aliphatic heterocycles. The van der Waals surface area contributed by atoms with Crippen molar-refractivity contribution >= 4 is 44.5 Å². The molecule has 1 saturated heterocycles. The largest absolute Gasteiger partial charge is 0.375 e. The molecular formula is C28H31N11O3S. The summed E-state index contributed by atoms with van der Waals surface area (Å²) in [6.07, 6.45) is 0.423. The van der Waals surface area contributed by atoms with Crippen LogP contribution in [0.3, 0.4) is 0 Å². The maximum Gasteiger partial charge on any atom is 0.318 e. The van der Waals surface area contributed by atoms with Gasteiger partial charge in [0.15, 0.2) is 11.0 Å². The summed E-state index contributed by atoms with van der Waals surface area (Å²) >= 11 is 1.37. The van der Waals surface area contributed by atoms with Gasteiger partial charge in [0.05, 0.1) is 22.3 Å². The molecule has 222 valence electrons. The summed E-state index contributed by atoms with van der Waals surface area (Å²) in [6.45, 7) is 2.07. The second kappa shape index (κ2) is 12.8. The molecule has 2 aromatic carbocycles. The molecule has 1 unspecified atom stereocenters. The molecule has 0 radical (unpaired) electrons. The van der Waals surface area contributed by atoms with E-state index in [1.165, 1.54) is 23.3 Å². The molecule has 1 aliphatic rings. The number of rotatable bonds is 9. The highest BCUT2D eigenvalue weighted by Crippen LogP contribution is 2.30. The zero-order chi connectivity index (χ0) is 30.5. The third kappa shape index (κ3) is 6.24. The number of piperazine rings is 1. The fourth-order valence-corrected chi connectivity index (χ4v) is 6.21. The van der Waals surface area contributed by atoms with Crippen molar-refractivity contribution in [1.82, 2.24) is 45.6 Å². The first-order valence-corrected chi connectivity index (χ1v) is 14.5. The van der Waals surface area contributed by atoms with Crippen LogP contribution in [-0.2, 0) is 22.6 Å². The fourth-order valence-electron chi connectivity index (χ4n) is 5.43. The number of fused-ring (bicyclic) bond motifs is 1. The van der Waals surface area contributed by atoms with Gasteiger partial charge in [0.25, 0.3) is 0 Å². The van der Waals surface area contributed by atoms with E-state index in [0.717, 1.165) is 26.9 Å². The minimum absolute atomic E-state index is 0.0739. The van der Waals surface area contributed by atoms with Crippen LogP contribution >= 0.6 is 11.3 Å². The molecule has 0 saturated carbocycles. The lowest BCUT2D eigenvalue weighted by Gasteiger charge is -2.47. The average molecular weight is 602 g/mol. The Morgan fingerprint density at radius 1 is 1.26 bits per heavy atom. The SMILES string of the molecule is CCC(=O)N1C(CN(CC#N)C(=O)NC)CN(Cc2cccc3sc(N)nc23)C(=O)[C@@H]1Cc1ccc(-c2nnn[nH]2)cc1. The summed E-state index contributed by atoms with van der Waals surface area (Å²) in [5.74, 6) is 0.0852. The first-order valence-electron chi connectivity index (χ1n) is 13.7. The van der Waals surface area contributed by atoms with Gasteiger partial charge in [-0.25, -0.2) is 14.9 Å². The summed E-state index contributed by atoms with van der Waals surface area (Å²) in [5.41, 5.74) is 9.15. The van der Waals surface area contributed by atoms with Gasteiger partial charge in [-0.2, -0.15) is 5.26 Å². The maximum absolute atomic E-state index is 14.2. The van der Waals surface area contributed by atoms with Crippen LogP contribution in [0.15, 0.2) is 42.5 Å². The van der Waals surface area contributed by atoms with Gasteiger partial charge in [-0.15, -0.1) is 5.10 Å². The van der Waals surface area contributed by atoms with Crippen molar-refractivity contribution < 1.29 is 14.4 Å². The number of aromatic amines is 1. The van der Waals surface area contributed by atoms with Crippen molar-refractivity contribution in [2.45, 2.75) is 38.4 Å². The van der Waals surface area contributed by atoms with Gasteiger partial charge in [0, 0.05) is 45.1 Å². The van der Waals surface area contributed by atoms with E-state index in [0.29, 0.717) is 11.0 Å². The molecule has 4 aromatic rings. The summed E-state index contributed by atoms with van der Waals surface area (Å²) < 4.78 is 0.914. The summed E-state index contributed by atoms with van der Waals surface area (Å²) in [7, 11) is 1.49. The van der Waals surface area contributed by atoms with E-state index in [2.05, 4.69) is 30.9 Å². The van der Waals surface area contributed by atoms with E-state index in [1.54, 1.807) is 16.7 Å². The predicted octanol–water partition coefficient (Wildman–Crippen LogP) is 1.78. The molecule has 2 aromatic heterocycles. The monoisotopic (exact) mass is 601 g/mol. The lowest BCUT2D eigenvalue weighted by molar-refractivity contribution is -0.156. The summed E-state index contributed by atoms with van der Waals surface area (Å²) in [4.78, 5) is 49.5. The lowest BCUT2D eigenvalue weighted by Crippen LogP contribution is -2.66. The molecule has 0 aliphatic carbocycles. The number of nitriles is 1. The zero-order valence-corrected chi connectivity index (χ0v) is 24.5. The van der Waals surface area contributed by atoms with Gasteiger partial charge in [-0.3, -0.25) is 9.59 Å². The smallest absolute Gasteiger partial charge is 0.318 e. The Hall–Kier alpha value is -5.10. The number of nitrogens with zero attached hydrogens (tertiary/aromatic N) is 8. The molecule has 4 amide bonds. The average Bonchev–Trinajstić information content (AvgIpc) is 3.69. The number of para-hydroxylation sites is 1. The van der Waals surface area contributed by atoms with Crippen LogP contribution < -0.4 is 11.1 Å². The van der Waals surface area contributed by atoms with Gasteiger partial charge in [-0.1, -0.05) is 54.7 Å². The molecule has 0 bridgehead atoms. The third-order valence-corrected chi connectivity index (χ3v) is 8.27. The topological polar surface area (TPSA) is 190 Å². The van der Waals surface area contributed by atoms with Crippen molar-refractivity contribution in [2.75, 3.05) is 32.4 Å². The van der Waals surface area contributed by atoms with Crippen molar-refractivity contribution in [3.05, 3.63) is 53.6 Å². The Morgan fingerprint density at radius 2 is 2.05 bits per heavy atom.